The third kappa shape index (κ3) is 2.40. The molecule has 2 nitrogen and oxygen atoms in total. The van der Waals surface area contributed by atoms with Crippen LogP contribution in [0.5, 0.6) is 5.75 Å². The first-order chi connectivity index (χ1) is 9.17. The summed E-state index contributed by atoms with van der Waals surface area (Å²) in [7, 11) is 0. The number of ether oxygens (including phenoxy) is 1. The quantitative estimate of drug-likeness (QED) is 0.924. The second-order valence-electron chi connectivity index (χ2n) is 5.06. The minimum Gasteiger partial charge on any atom is -0.490 e. The van der Waals surface area contributed by atoms with E-state index in [0.29, 0.717) is 0 Å². The molecule has 0 saturated carbocycles. The van der Waals surface area contributed by atoms with Crippen LogP contribution in [-0.4, -0.2) is 11.2 Å². The molecule has 0 saturated heterocycles. The molecule has 1 aliphatic rings. The smallest absolute Gasteiger partial charge is 0.123 e. The number of thiophene rings is 1. The highest BCUT2D eigenvalue weighted by atomic mass is 32.1. The molecule has 0 spiro atoms. The van der Waals surface area contributed by atoms with Crippen LogP contribution in [0.15, 0.2) is 30.3 Å². The largest absolute Gasteiger partial charge is 0.490 e. The van der Waals surface area contributed by atoms with E-state index in [1.54, 1.807) is 11.3 Å². The van der Waals surface area contributed by atoms with E-state index >= 15 is 0 Å². The van der Waals surface area contributed by atoms with Crippen molar-refractivity contribution in [2.75, 3.05) is 0 Å². The van der Waals surface area contributed by atoms with E-state index in [2.05, 4.69) is 26.0 Å². The Bertz CT molecular complexity index is 588. The molecule has 19 heavy (non-hydrogen) atoms. The molecule has 0 amide bonds. The molecule has 2 atom stereocenters. The van der Waals surface area contributed by atoms with Gasteiger partial charge in [0.05, 0.1) is 0 Å². The van der Waals surface area contributed by atoms with Crippen LogP contribution in [0.25, 0.3) is 0 Å². The monoisotopic (exact) mass is 274 g/mol. The number of fused-ring (bicyclic) bond motifs is 1. The predicted molar refractivity (Wildman–Crippen MR) is 78.0 cm³/mol. The van der Waals surface area contributed by atoms with Crippen LogP contribution >= 0.6 is 11.3 Å². The van der Waals surface area contributed by atoms with Crippen molar-refractivity contribution in [1.29, 1.82) is 0 Å². The number of aryl methyl sites for hydroxylation is 1. The van der Waals surface area contributed by atoms with Crippen LogP contribution in [0.2, 0.25) is 0 Å². The molecule has 1 N–H and O–H groups in total. The molecule has 2 aromatic rings. The van der Waals surface area contributed by atoms with Gasteiger partial charge in [-0.1, -0.05) is 13.0 Å². The molecule has 0 bridgehead atoms. The Labute approximate surface area is 117 Å². The second kappa shape index (κ2) is 4.99. The summed E-state index contributed by atoms with van der Waals surface area (Å²) in [5.41, 5.74) is 2.16. The zero-order valence-corrected chi connectivity index (χ0v) is 12.0. The van der Waals surface area contributed by atoms with Gasteiger partial charge in [0, 0.05) is 16.2 Å². The molecule has 3 rings (SSSR count). The van der Waals surface area contributed by atoms with E-state index in [1.165, 1.54) is 10.4 Å². The average molecular weight is 274 g/mol. The van der Waals surface area contributed by atoms with Gasteiger partial charge in [-0.15, -0.1) is 11.3 Å². The standard InChI is InChI=1S/C16H18O2S/c1-3-13-5-7-15(19-13)16(17)11-4-6-14-12(9-11)8-10(2)18-14/h4-7,9-10,16-17H,3,8H2,1-2H3. The Balaban J connectivity index is 1.88. The average Bonchev–Trinajstić information content (AvgIpc) is 3.01. The lowest BCUT2D eigenvalue weighted by molar-refractivity contribution is 0.224. The molecule has 2 unspecified atom stereocenters. The summed E-state index contributed by atoms with van der Waals surface area (Å²) in [5.74, 6) is 0.962. The fraction of sp³-hybridized carbons (Fsp3) is 0.375. The molecule has 3 heteroatoms. The van der Waals surface area contributed by atoms with Crippen molar-refractivity contribution >= 4 is 11.3 Å². The van der Waals surface area contributed by atoms with Gasteiger partial charge >= 0.3 is 0 Å². The lowest BCUT2D eigenvalue weighted by Crippen LogP contribution is -2.05. The third-order valence-corrected chi connectivity index (χ3v) is 4.82. The van der Waals surface area contributed by atoms with Crippen LogP contribution < -0.4 is 4.74 Å². The maximum Gasteiger partial charge on any atom is 0.123 e. The van der Waals surface area contributed by atoms with Gasteiger partial charge in [-0.25, -0.2) is 0 Å². The Morgan fingerprint density at radius 3 is 2.95 bits per heavy atom. The van der Waals surface area contributed by atoms with Crippen molar-refractivity contribution in [2.45, 2.75) is 38.9 Å². The minimum atomic E-state index is -0.522. The molecule has 1 aromatic heterocycles. The summed E-state index contributed by atoms with van der Waals surface area (Å²) in [6, 6.07) is 10.1. The number of aliphatic hydroxyl groups excluding tert-OH is 1. The van der Waals surface area contributed by atoms with Crippen LogP contribution in [0, 0.1) is 0 Å². The second-order valence-corrected chi connectivity index (χ2v) is 6.26. The normalized spacial score (nSPS) is 19.0. The van der Waals surface area contributed by atoms with E-state index in [1.807, 2.05) is 18.2 Å². The fourth-order valence-electron chi connectivity index (χ4n) is 2.51. The lowest BCUT2D eigenvalue weighted by Gasteiger charge is -2.10. The Kier molecular flexibility index (Phi) is 3.33. The first kappa shape index (κ1) is 12.7. The summed E-state index contributed by atoms with van der Waals surface area (Å²) in [4.78, 5) is 2.33. The summed E-state index contributed by atoms with van der Waals surface area (Å²) in [6.07, 6.45) is 1.68. The van der Waals surface area contributed by atoms with Gasteiger partial charge in [-0.3, -0.25) is 0 Å². The molecule has 0 radical (unpaired) electrons. The van der Waals surface area contributed by atoms with E-state index in [0.717, 1.165) is 29.0 Å². The van der Waals surface area contributed by atoms with E-state index in [-0.39, 0.29) is 6.10 Å². The van der Waals surface area contributed by atoms with Gasteiger partial charge < -0.3 is 9.84 Å². The Hall–Kier alpha value is -1.32. The van der Waals surface area contributed by atoms with Crippen molar-refractivity contribution < 1.29 is 9.84 Å². The van der Waals surface area contributed by atoms with Crippen LogP contribution in [0.1, 0.15) is 40.8 Å². The van der Waals surface area contributed by atoms with Gasteiger partial charge in [0.1, 0.15) is 18.0 Å². The number of hydrogen-bond donors (Lipinski definition) is 1. The number of hydrogen-bond acceptors (Lipinski definition) is 3. The molecule has 1 aliphatic heterocycles. The van der Waals surface area contributed by atoms with Crippen molar-refractivity contribution in [1.82, 2.24) is 0 Å². The van der Waals surface area contributed by atoms with Crippen LogP contribution in [0.4, 0.5) is 0 Å². The van der Waals surface area contributed by atoms with E-state index in [9.17, 15) is 5.11 Å². The molecule has 0 aliphatic carbocycles. The molecule has 1 aromatic carbocycles. The summed E-state index contributed by atoms with van der Waals surface area (Å²) in [5, 5.41) is 10.5. The Morgan fingerprint density at radius 2 is 2.21 bits per heavy atom. The lowest BCUT2D eigenvalue weighted by atomic mass is 10.0. The number of benzene rings is 1. The summed E-state index contributed by atoms with van der Waals surface area (Å²) < 4.78 is 5.69. The molecule has 0 fully saturated rings. The topological polar surface area (TPSA) is 29.5 Å². The highest BCUT2D eigenvalue weighted by molar-refractivity contribution is 7.12. The first-order valence-electron chi connectivity index (χ1n) is 6.73. The van der Waals surface area contributed by atoms with E-state index in [4.69, 9.17) is 4.74 Å². The number of aliphatic hydroxyl groups is 1. The maximum absolute atomic E-state index is 10.5. The molecular formula is C16H18O2S. The zero-order valence-electron chi connectivity index (χ0n) is 11.2. The maximum atomic E-state index is 10.5. The SMILES string of the molecule is CCc1ccc(C(O)c2ccc3c(c2)CC(C)O3)s1. The van der Waals surface area contributed by atoms with Crippen molar-refractivity contribution in [3.63, 3.8) is 0 Å². The van der Waals surface area contributed by atoms with Gasteiger partial charge in [0.25, 0.3) is 0 Å². The molecular weight excluding hydrogens is 256 g/mol. The highest BCUT2D eigenvalue weighted by Crippen LogP contribution is 2.34. The molecule has 100 valence electrons. The minimum absolute atomic E-state index is 0.246. The van der Waals surface area contributed by atoms with Gasteiger partial charge in [0.15, 0.2) is 0 Å². The van der Waals surface area contributed by atoms with Crippen LogP contribution in [0.3, 0.4) is 0 Å². The van der Waals surface area contributed by atoms with Gasteiger partial charge in [-0.2, -0.15) is 0 Å². The number of rotatable bonds is 3. The van der Waals surface area contributed by atoms with E-state index < -0.39 is 6.10 Å². The van der Waals surface area contributed by atoms with Crippen molar-refractivity contribution in [3.8, 4) is 5.75 Å². The van der Waals surface area contributed by atoms with Crippen molar-refractivity contribution in [3.05, 3.63) is 51.2 Å². The highest BCUT2D eigenvalue weighted by Gasteiger charge is 2.21. The predicted octanol–water partition coefficient (Wildman–Crippen LogP) is 3.72. The van der Waals surface area contributed by atoms with Crippen molar-refractivity contribution in [2.24, 2.45) is 0 Å². The van der Waals surface area contributed by atoms with Gasteiger partial charge in [-0.05, 0) is 48.7 Å². The van der Waals surface area contributed by atoms with Crippen LogP contribution in [-0.2, 0) is 12.8 Å². The van der Waals surface area contributed by atoms with Gasteiger partial charge in [0.2, 0.25) is 0 Å². The fourth-order valence-corrected chi connectivity index (χ4v) is 3.47. The third-order valence-electron chi connectivity index (χ3n) is 3.54. The Morgan fingerprint density at radius 1 is 1.37 bits per heavy atom. The molecule has 2 heterocycles. The summed E-state index contributed by atoms with van der Waals surface area (Å²) in [6.45, 7) is 4.21. The first-order valence-corrected chi connectivity index (χ1v) is 7.55. The summed E-state index contributed by atoms with van der Waals surface area (Å²) >= 11 is 1.69. The zero-order chi connectivity index (χ0) is 13.4.